The molecule has 0 bridgehead atoms. The van der Waals surface area contributed by atoms with E-state index in [-0.39, 0.29) is 18.2 Å². The molecule has 2 amide bonds. The number of carbonyl (C=O) groups excluding carboxylic acids is 2. The minimum Gasteiger partial charge on any atom is -0.494 e. The molecule has 3 rings (SSSR count). The average Bonchev–Trinajstić information content (AvgIpc) is 2.85. The van der Waals surface area contributed by atoms with Crippen molar-refractivity contribution in [2.45, 2.75) is 51.2 Å². The molecule has 182 valence electrons. The van der Waals surface area contributed by atoms with E-state index in [4.69, 9.17) is 9.47 Å². The van der Waals surface area contributed by atoms with Gasteiger partial charge >= 0.3 is 0 Å². The summed E-state index contributed by atoms with van der Waals surface area (Å²) in [7, 11) is 1.58. The third kappa shape index (κ3) is 7.00. The first-order valence-electron chi connectivity index (χ1n) is 11.8. The molecule has 1 N–H and O–H groups in total. The Morgan fingerprint density at radius 3 is 2.59 bits per heavy atom. The summed E-state index contributed by atoms with van der Waals surface area (Å²) in [5, 5.41) is 2.84. The zero-order valence-electron chi connectivity index (χ0n) is 20.1. The minimum absolute atomic E-state index is 0.119. The van der Waals surface area contributed by atoms with Crippen LogP contribution in [0.3, 0.4) is 0 Å². The molecule has 0 spiro atoms. The van der Waals surface area contributed by atoms with Crippen molar-refractivity contribution in [3.05, 3.63) is 48.5 Å². The van der Waals surface area contributed by atoms with Crippen LogP contribution in [0.2, 0.25) is 0 Å². The molecule has 0 aliphatic carbocycles. The number of unbranched alkanes of at least 4 members (excludes halogenated alkanes) is 3. The second kappa shape index (κ2) is 13.0. The molecule has 0 radical (unpaired) electrons. The van der Waals surface area contributed by atoms with Gasteiger partial charge in [-0.3, -0.25) is 14.5 Å². The van der Waals surface area contributed by atoms with Crippen molar-refractivity contribution in [1.29, 1.82) is 0 Å². The van der Waals surface area contributed by atoms with Gasteiger partial charge in [-0.1, -0.05) is 50.1 Å². The van der Waals surface area contributed by atoms with E-state index < -0.39 is 5.25 Å². The molecule has 0 aromatic heterocycles. The number of anilines is 1. The average molecular weight is 484 g/mol. The van der Waals surface area contributed by atoms with Crippen LogP contribution in [0, 0.1) is 0 Å². The minimum atomic E-state index is -0.571. The monoisotopic (exact) mass is 483 g/mol. The summed E-state index contributed by atoms with van der Waals surface area (Å²) in [6.45, 7) is 5.25. The molecule has 7 nitrogen and oxygen atoms in total. The molecular weight excluding hydrogens is 450 g/mol. The number of nitrogens with one attached hydrogen (secondary N) is 1. The number of benzene rings is 2. The van der Waals surface area contributed by atoms with Crippen molar-refractivity contribution >= 4 is 40.1 Å². The van der Waals surface area contributed by atoms with Crippen molar-refractivity contribution in [3.63, 3.8) is 0 Å². The fourth-order valence-corrected chi connectivity index (χ4v) is 4.71. The number of amides is 2. The molecule has 1 aliphatic heterocycles. The van der Waals surface area contributed by atoms with E-state index in [1.54, 1.807) is 12.0 Å². The number of hydrogen-bond donors (Lipinski definition) is 1. The van der Waals surface area contributed by atoms with Gasteiger partial charge in [-0.2, -0.15) is 0 Å². The maximum absolute atomic E-state index is 13.0. The number of ether oxygens (including phenoxy) is 2. The standard InChI is InChI=1S/C26H33N3O4S/c1-4-6-7-10-17-33-20-15-13-19(14-16-20)27-25(31)23-18-24(30)29(5-2)26(34-23)28-21-11-8-9-12-22(21)32-3/h8-9,11-16,23H,4-7,10,17-18H2,1-3H3,(H,27,31)/t23-/m0/s1. The number of para-hydroxylation sites is 2. The molecule has 0 unspecified atom stereocenters. The van der Waals surface area contributed by atoms with Crippen molar-refractivity contribution in [2.24, 2.45) is 4.99 Å². The molecule has 1 aliphatic rings. The van der Waals surface area contributed by atoms with Crippen LogP contribution in [-0.4, -0.2) is 47.4 Å². The van der Waals surface area contributed by atoms with Crippen LogP contribution in [0.5, 0.6) is 11.5 Å². The Balaban J connectivity index is 1.64. The third-order valence-electron chi connectivity index (χ3n) is 5.44. The molecule has 1 atom stereocenters. The highest BCUT2D eigenvalue weighted by molar-refractivity contribution is 8.15. The number of aliphatic imine (C=N–C) groups is 1. The molecule has 1 heterocycles. The Morgan fingerprint density at radius 2 is 1.88 bits per heavy atom. The maximum atomic E-state index is 13.0. The third-order valence-corrected chi connectivity index (χ3v) is 6.63. The summed E-state index contributed by atoms with van der Waals surface area (Å²) in [4.78, 5) is 32.0. The Bertz CT molecular complexity index is 994. The SMILES string of the molecule is CCCCCCOc1ccc(NC(=O)[C@@H]2CC(=O)N(CC)C(=Nc3ccccc3OC)S2)cc1. The van der Waals surface area contributed by atoms with E-state index in [1.807, 2.05) is 55.5 Å². The summed E-state index contributed by atoms with van der Waals surface area (Å²) < 4.78 is 11.1. The molecule has 0 saturated carbocycles. The Labute approximate surface area is 205 Å². The van der Waals surface area contributed by atoms with Gasteiger partial charge in [-0.15, -0.1) is 0 Å². The molecule has 1 saturated heterocycles. The van der Waals surface area contributed by atoms with Gasteiger partial charge in [0.25, 0.3) is 0 Å². The molecule has 1 fully saturated rings. The predicted octanol–water partition coefficient (Wildman–Crippen LogP) is 5.63. The quantitative estimate of drug-likeness (QED) is 0.419. The van der Waals surface area contributed by atoms with Gasteiger partial charge in [0.1, 0.15) is 22.4 Å². The second-order valence-electron chi connectivity index (χ2n) is 7.94. The first-order valence-corrected chi connectivity index (χ1v) is 12.7. The van der Waals surface area contributed by atoms with Crippen molar-refractivity contribution in [2.75, 3.05) is 25.6 Å². The van der Waals surface area contributed by atoms with Crippen LogP contribution >= 0.6 is 11.8 Å². The van der Waals surface area contributed by atoms with E-state index in [9.17, 15) is 9.59 Å². The number of carbonyl (C=O) groups is 2. The highest BCUT2D eigenvalue weighted by atomic mass is 32.2. The van der Waals surface area contributed by atoms with Crippen molar-refractivity contribution < 1.29 is 19.1 Å². The van der Waals surface area contributed by atoms with E-state index in [2.05, 4.69) is 17.2 Å². The first-order chi connectivity index (χ1) is 16.5. The second-order valence-corrected chi connectivity index (χ2v) is 9.11. The topological polar surface area (TPSA) is 80.2 Å². The lowest BCUT2D eigenvalue weighted by molar-refractivity contribution is -0.129. The lowest BCUT2D eigenvalue weighted by Crippen LogP contribution is -2.45. The van der Waals surface area contributed by atoms with Gasteiger partial charge in [0.15, 0.2) is 5.17 Å². The predicted molar refractivity (Wildman–Crippen MR) is 138 cm³/mol. The lowest BCUT2D eigenvalue weighted by atomic mass is 10.2. The van der Waals surface area contributed by atoms with Crippen LogP contribution in [0.4, 0.5) is 11.4 Å². The zero-order valence-corrected chi connectivity index (χ0v) is 20.9. The summed E-state index contributed by atoms with van der Waals surface area (Å²) in [6, 6.07) is 14.7. The van der Waals surface area contributed by atoms with Crippen LogP contribution < -0.4 is 14.8 Å². The van der Waals surface area contributed by atoms with Crippen molar-refractivity contribution in [1.82, 2.24) is 4.90 Å². The summed E-state index contributed by atoms with van der Waals surface area (Å²) in [5.74, 6) is 1.04. The van der Waals surface area contributed by atoms with Gasteiger partial charge in [0, 0.05) is 18.7 Å². The van der Waals surface area contributed by atoms with Gasteiger partial charge in [-0.05, 0) is 49.7 Å². The number of hydrogen-bond acceptors (Lipinski definition) is 6. The number of thioether (sulfide) groups is 1. The maximum Gasteiger partial charge on any atom is 0.238 e. The Kier molecular flexibility index (Phi) is 9.82. The number of methoxy groups -OCH3 is 1. The van der Waals surface area contributed by atoms with Crippen LogP contribution in [0.1, 0.15) is 46.0 Å². The van der Waals surface area contributed by atoms with E-state index in [0.717, 1.165) is 12.2 Å². The highest BCUT2D eigenvalue weighted by Crippen LogP contribution is 2.33. The summed E-state index contributed by atoms with van der Waals surface area (Å²) in [6.07, 6.45) is 4.74. The highest BCUT2D eigenvalue weighted by Gasteiger charge is 2.35. The van der Waals surface area contributed by atoms with E-state index >= 15 is 0 Å². The van der Waals surface area contributed by atoms with Gasteiger partial charge in [0.05, 0.1) is 13.7 Å². The van der Waals surface area contributed by atoms with Crippen molar-refractivity contribution in [3.8, 4) is 11.5 Å². The van der Waals surface area contributed by atoms with Gasteiger partial charge < -0.3 is 14.8 Å². The van der Waals surface area contributed by atoms with Crippen LogP contribution in [-0.2, 0) is 9.59 Å². The van der Waals surface area contributed by atoms with Crippen LogP contribution in [0.25, 0.3) is 0 Å². The molecule has 34 heavy (non-hydrogen) atoms. The molecule has 2 aromatic rings. The first kappa shape index (κ1) is 25.6. The molecule has 2 aromatic carbocycles. The number of amidine groups is 1. The normalized spacial score (nSPS) is 17.0. The Hall–Kier alpha value is -3.00. The lowest BCUT2D eigenvalue weighted by Gasteiger charge is -2.31. The van der Waals surface area contributed by atoms with Gasteiger partial charge in [0.2, 0.25) is 11.8 Å². The molecule has 8 heteroatoms. The van der Waals surface area contributed by atoms with Gasteiger partial charge in [-0.25, -0.2) is 4.99 Å². The fourth-order valence-electron chi connectivity index (χ4n) is 3.55. The largest absolute Gasteiger partial charge is 0.494 e. The fraction of sp³-hybridized carbons (Fsp3) is 0.423. The smallest absolute Gasteiger partial charge is 0.238 e. The summed E-state index contributed by atoms with van der Waals surface area (Å²) >= 11 is 1.29. The Morgan fingerprint density at radius 1 is 1.12 bits per heavy atom. The zero-order chi connectivity index (χ0) is 24.3. The van der Waals surface area contributed by atoms with E-state index in [0.29, 0.717) is 35.4 Å². The number of rotatable bonds is 11. The van der Waals surface area contributed by atoms with Crippen LogP contribution in [0.15, 0.2) is 53.5 Å². The summed E-state index contributed by atoms with van der Waals surface area (Å²) in [5.41, 5.74) is 1.28. The van der Waals surface area contributed by atoms with E-state index in [1.165, 1.54) is 31.0 Å². The number of nitrogens with zero attached hydrogens (tertiary/aromatic N) is 2. The molecular formula is C26H33N3O4S.